The molecule has 18 heavy (non-hydrogen) atoms. The predicted octanol–water partition coefficient (Wildman–Crippen LogP) is -0.989. The Labute approximate surface area is 164 Å². The fourth-order valence-electron chi connectivity index (χ4n) is 0. The number of halogens is 3. The van der Waals surface area contributed by atoms with E-state index >= 15 is 0 Å². The summed E-state index contributed by atoms with van der Waals surface area (Å²) in [6.45, 7) is 0. The first kappa shape index (κ1) is 37.2. The molecule has 0 fully saturated rings. The topological polar surface area (TPSA) is 208 Å². The quantitative estimate of drug-likeness (QED) is 0.201. The summed E-state index contributed by atoms with van der Waals surface area (Å²) >= 11 is 0. The van der Waals surface area contributed by atoms with Crippen molar-refractivity contribution in [3.05, 3.63) is 0 Å². The Kier molecular flexibility index (Phi) is 33.5. The molecule has 0 aromatic heterocycles. The Morgan fingerprint density at radius 3 is 0.611 bits per heavy atom. The standard InChI is InChI=1S/3FH2O3P.K.H3N.Na.2H/c3*1-5(2,3)4;;;;;/h3*(H2,2,3,4);;1H3;;;. The summed E-state index contributed by atoms with van der Waals surface area (Å²) in [6, 6.07) is 0. The zero-order valence-corrected chi connectivity index (χ0v) is 9.77. The summed E-state index contributed by atoms with van der Waals surface area (Å²) in [5.74, 6) is 0. The summed E-state index contributed by atoms with van der Waals surface area (Å²) in [5.41, 5.74) is 0. The van der Waals surface area contributed by atoms with Crippen LogP contribution in [0.25, 0.3) is 0 Å². The van der Waals surface area contributed by atoms with E-state index in [0.717, 1.165) is 0 Å². The molecule has 0 bridgehead atoms. The second-order valence-electron chi connectivity index (χ2n) is 1.42. The third kappa shape index (κ3) is 745. The summed E-state index contributed by atoms with van der Waals surface area (Å²) in [6.07, 6.45) is 0. The normalized spacial score (nSPS) is 9.83. The zero-order valence-electron chi connectivity index (χ0n) is 7.09. The van der Waals surface area contributed by atoms with Crippen LogP contribution in [0.1, 0.15) is 0 Å². The van der Waals surface area contributed by atoms with Crippen LogP contribution in [-0.2, 0) is 13.7 Å². The van der Waals surface area contributed by atoms with Crippen molar-refractivity contribution in [2.24, 2.45) is 0 Å². The second kappa shape index (κ2) is 16.2. The number of rotatable bonds is 0. The van der Waals surface area contributed by atoms with Gasteiger partial charge in [-0.1, -0.05) is 0 Å². The van der Waals surface area contributed by atoms with Crippen LogP contribution in [0.15, 0.2) is 0 Å². The van der Waals surface area contributed by atoms with Gasteiger partial charge in [-0.05, 0) is 0 Å². The summed E-state index contributed by atoms with van der Waals surface area (Å²) in [5, 5.41) is 0. The predicted molar refractivity (Wildman–Crippen MR) is 58.8 cm³/mol. The molecule has 9 N–H and O–H groups in total. The molecular weight excluding hydrogens is 370 g/mol. The van der Waals surface area contributed by atoms with Crippen LogP contribution in [0.4, 0.5) is 12.6 Å². The van der Waals surface area contributed by atoms with E-state index in [1.165, 1.54) is 0 Å². The Hall–Kier alpha value is 2.84. The van der Waals surface area contributed by atoms with Crippen LogP contribution < -0.4 is 6.15 Å². The minimum absolute atomic E-state index is 0. The molecule has 0 saturated carbocycles. The number of hydrogen-bond acceptors (Lipinski definition) is 4. The van der Waals surface area contributed by atoms with Gasteiger partial charge < -0.3 is 6.15 Å². The van der Waals surface area contributed by atoms with Gasteiger partial charge in [-0.3, -0.25) is 29.4 Å². The van der Waals surface area contributed by atoms with Gasteiger partial charge in [-0.25, -0.2) is 13.7 Å². The van der Waals surface area contributed by atoms with E-state index in [1.54, 1.807) is 0 Å². The van der Waals surface area contributed by atoms with Crippen LogP contribution >= 0.6 is 23.7 Å². The third-order valence-electron chi connectivity index (χ3n) is 0. The summed E-state index contributed by atoms with van der Waals surface area (Å²) < 4.78 is 57.0. The van der Waals surface area contributed by atoms with Gasteiger partial charge in [0.2, 0.25) is 0 Å². The molecule has 0 aliphatic heterocycles. The fourth-order valence-corrected chi connectivity index (χ4v) is 0. The van der Waals surface area contributed by atoms with E-state index < -0.39 is 23.7 Å². The third-order valence-corrected chi connectivity index (χ3v) is 0. The van der Waals surface area contributed by atoms with Crippen LogP contribution in [-0.4, -0.2) is 110 Å². The Morgan fingerprint density at radius 1 is 0.611 bits per heavy atom. The van der Waals surface area contributed by atoms with E-state index in [0.29, 0.717) is 0 Å². The molecule has 0 unspecified atom stereocenters. The molecule has 0 atom stereocenters. The minimum atomic E-state index is -5.14. The molecule has 0 aromatic carbocycles. The summed E-state index contributed by atoms with van der Waals surface area (Å²) in [7, 11) is -15.4. The average molecular weight is 381 g/mol. The fraction of sp³-hybridized carbons (Fsp3) is 0. The first-order chi connectivity index (χ1) is 6.00. The van der Waals surface area contributed by atoms with Crippen molar-refractivity contribution in [3.63, 3.8) is 0 Å². The molecule has 18 heteroatoms. The molecular formula is H11F3KNNaO9P3. The molecule has 0 amide bonds. The van der Waals surface area contributed by atoms with Crippen molar-refractivity contribution in [1.29, 1.82) is 0 Å². The van der Waals surface area contributed by atoms with Gasteiger partial charge in [0.05, 0.1) is 0 Å². The first-order valence-corrected chi connectivity index (χ1v) is 6.76. The van der Waals surface area contributed by atoms with E-state index in [4.69, 9.17) is 43.1 Å². The van der Waals surface area contributed by atoms with Crippen molar-refractivity contribution in [1.82, 2.24) is 6.15 Å². The Morgan fingerprint density at radius 2 is 0.611 bits per heavy atom. The van der Waals surface area contributed by atoms with Gasteiger partial charge >= 0.3 is 105 Å². The molecule has 0 heterocycles. The maximum absolute atomic E-state index is 10.4. The molecule has 0 rings (SSSR count). The van der Waals surface area contributed by atoms with Crippen LogP contribution in [0.2, 0.25) is 0 Å². The molecule has 0 saturated heterocycles. The van der Waals surface area contributed by atoms with Crippen LogP contribution in [0.3, 0.4) is 0 Å². The van der Waals surface area contributed by atoms with Gasteiger partial charge in [0, 0.05) is 0 Å². The van der Waals surface area contributed by atoms with E-state index in [1.807, 2.05) is 0 Å². The Bertz CT molecular complexity index is 223. The second-order valence-corrected chi connectivity index (χ2v) is 4.26. The van der Waals surface area contributed by atoms with Crippen molar-refractivity contribution in [3.8, 4) is 0 Å². The van der Waals surface area contributed by atoms with Gasteiger partial charge in [-0.15, -0.1) is 12.6 Å². The SMILES string of the molecule is N.O=P(O)(O)F.O=P(O)(O)F.O=P(O)(O)F.[KH].[NaH]. The summed E-state index contributed by atoms with van der Waals surface area (Å²) in [4.78, 5) is 41.8. The Balaban J connectivity index is -0.0000000277. The van der Waals surface area contributed by atoms with Crippen molar-refractivity contribution in [2.75, 3.05) is 0 Å². The molecule has 0 aliphatic rings. The molecule has 108 valence electrons. The van der Waals surface area contributed by atoms with Crippen LogP contribution in [0.5, 0.6) is 0 Å². The van der Waals surface area contributed by atoms with E-state index in [-0.39, 0.29) is 87.1 Å². The van der Waals surface area contributed by atoms with Crippen molar-refractivity contribution >= 4 is 105 Å². The van der Waals surface area contributed by atoms with E-state index in [2.05, 4.69) is 0 Å². The van der Waals surface area contributed by atoms with Gasteiger partial charge in [0.15, 0.2) is 0 Å². The van der Waals surface area contributed by atoms with Gasteiger partial charge in [0.25, 0.3) is 0 Å². The molecule has 0 aromatic rings. The van der Waals surface area contributed by atoms with Gasteiger partial charge in [0.1, 0.15) is 0 Å². The van der Waals surface area contributed by atoms with Crippen molar-refractivity contribution < 1.29 is 55.6 Å². The zero-order chi connectivity index (χ0) is 13.5. The van der Waals surface area contributed by atoms with Crippen LogP contribution in [0, 0.1) is 0 Å². The average Bonchev–Trinajstić information content (AvgIpc) is 1.41. The van der Waals surface area contributed by atoms with Crippen molar-refractivity contribution in [2.45, 2.75) is 0 Å². The monoisotopic (exact) mass is 381 g/mol. The first-order valence-electron chi connectivity index (χ1n) is 2.25. The number of hydrogen-bond donors (Lipinski definition) is 7. The van der Waals surface area contributed by atoms with Gasteiger partial charge in [-0.2, -0.15) is 0 Å². The molecule has 10 nitrogen and oxygen atoms in total. The molecule has 0 radical (unpaired) electrons. The maximum atomic E-state index is 10.4. The molecule has 0 spiro atoms. The van der Waals surface area contributed by atoms with E-state index in [9.17, 15) is 12.6 Å². The molecule has 0 aliphatic carbocycles.